The molecule has 19 heavy (non-hydrogen) atoms. The van der Waals surface area contributed by atoms with Gasteiger partial charge in [-0.1, -0.05) is 0 Å². The third-order valence-electron chi connectivity index (χ3n) is 3.51. The van der Waals surface area contributed by atoms with E-state index < -0.39 is 0 Å². The molecule has 0 radical (unpaired) electrons. The Morgan fingerprint density at radius 2 is 2.26 bits per heavy atom. The van der Waals surface area contributed by atoms with E-state index in [1.807, 2.05) is 23.1 Å². The zero-order valence-electron chi connectivity index (χ0n) is 11.4. The Kier molecular flexibility index (Phi) is 4.80. The summed E-state index contributed by atoms with van der Waals surface area (Å²) in [6.07, 6.45) is 3.93. The highest BCUT2D eigenvalue weighted by atomic mass is 16.5. The van der Waals surface area contributed by atoms with Crippen molar-refractivity contribution in [1.29, 1.82) is 0 Å². The summed E-state index contributed by atoms with van der Waals surface area (Å²) in [5.41, 5.74) is 2.20. The van der Waals surface area contributed by atoms with Crippen LogP contribution in [0.2, 0.25) is 0 Å². The summed E-state index contributed by atoms with van der Waals surface area (Å²) < 4.78 is 5.22. The van der Waals surface area contributed by atoms with Gasteiger partial charge in [0.2, 0.25) is 5.91 Å². The van der Waals surface area contributed by atoms with Gasteiger partial charge in [-0.25, -0.2) is 0 Å². The van der Waals surface area contributed by atoms with Crippen LogP contribution in [0.15, 0.2) is 18.2 Å². The van der Waals surface area contributed by atoms with Gasteiger partial charge in [-0.05, 0) is 49.4 Å². The first-order valence-corrected chi connectivity index (χ1v) is 6.84. The first-order valence-electron chi connectivity index (χ1n) is 6.84. The van der Waals surface area contributed by atoms with Crippen LogP contribution >= 0.6 is 0 Å². The molecule has 1 N–H and O–H groups in total. The smallest absolute Gasteiger partial charge is 0.226 e. The molecule has 1 aliphatic rings. The number of rotatable bonds is 5. The maximum atomic E-state index is 12.2. The Balaban J connectivity index is 2.11. The summed E-state index contributed by atoms with van der Waals surface area (Å²) in [6.45, 7) is 0.943. The summed E-state index contributed by atoms with van der Waals surface area (Å²) in [7, 11) is 1.66. The molecule has 1 aliphatic heterocycles. The van der Waals surface area contributed by atoms with Crippen molar-refractivity contribution in [2.75, 3.05) is 25.2 Å². The van der Waals surface area contributed by atoms with E-state index in [0.29, 0.717) is 12.8 Å². The molecular formula is C15H21NO3. The number of methoxy groups -OCH3 is 1. The number of hydrogen-bond donors (Lipinski definition) is 1. The Labute approximate surface area is 114 Å². The zero-order valence-corrected chi connectivity index (χ0v) is 11.4. The number of benzene rings is 1. The lowest BCUT2D eigenvalue weighted by atomic mass is 10.0. The normalized spacial score (nSPS) is 14.1. The lowest BCUT2D eigenvalue weighted by Gasteiger charge is -2.30. The van der Waals surface area contributed by atoms with Crippen molar-refractivity contribution < 1.29 is 14.6 Å². The van der Waals surface area contributed by atoms with Crippen LogP contribution in [0.1, 0.15) is 31.2 Å². The molecule has 0 atom stereocenters. The molecule has 1 amide bonds. The third-order valence-corrected chi connectivity index (χ3v) is 3.51. The topological polar surface area (TPSA) is 49.8 Å². The Hall–Kier alpha value is -1.55. The van der Waals surface area contributed by atoms with Crippen LogP contribution in [-0.2, 0) is 11.2 Å². The Morgan fingerprint density at radius 3 is 3.00 bits per heavy atom. The van der Waals surface area contributed by atoms with E-state index in [2.05, 4.69) is 0 Å². The van der Waals surface area contributed by atoms with Gasteiger partial charge in [0.15, 0.2) is 0 Å². The number of hydrogen-bond acceptors (Lipinski definition) is 3. The summed E-state index contributed by atoms with van der Waals surface area (Å²) in [6, 6.07) is 5.89. The number of aliphatic hydroxyl groups excluding tert-OH is 1. The molecule has 0 spiro atoms. The minimum atomic E-state index is 0.152. The number of amides is 1. The molecule has 4 heteroatoms. The van der Waals surface area contributed by atoms with Crippen LogP contribution < -0.4 is 9.64 Å². The second-order valence-electron chi connectivity index (χ2n) is 4.82. The second-order valence-corrected chi connectivity index (χ2v) is 4.82. The van der Waals surface area contributed by atoms with E-state index in [4.69, 9.17) is 9.84 Å². The SMILES string of the molecule is COc1ccc2c(c1)CCCN2C(=O)CCCCO. The van der Waals surface area contributed by atoms with E-state index in [-0.39, 0.29) is 12.5 Å². The first kappa shape index (κ1) is 13.9. The number of nitrogens with zero attached hydrogens (tertiary/aromatic N) is 1. The highest BCUT2D eigenvalue weighted by Crippen LogP contribution is 2.31. The molecule has 0 aromatic heterocycles. The fraction of sp³-hybridized carbons (Fsp3) is 0.533. The Bertz CT molecular complexity index is 445. The van der Waals surface area contributed by atoms with Crippen molar-refractivity contribution in [3.8, 4) is 5.75 Å². The molecule has 2 rings (SSSR count). The van der Waals surface area contributed by atoms with Crippen LogP contribution in [0, 0.1) is 0 Å². The van der Waals surface area contributed by atoms with Crippen molar-refractivity contribution in [3.63, 3.8) is 0 Å². The molecule has 1 aromatic carbocycles. The fourth-order valence-electron chi connectivity index (χ4n) is 2.48. The third kappa shape index (κ3) is 3.26. The Morgan fingerprint density at radius 1 is 1.42 bits per heavy atom. The van der Waals surface area contributed by atoms with Gasteiger partial charge in [0.25, 0.3) is 0 Å². The number of carbonyl (C=O) groups excluding carboxylic acids is 1. The monoisotopic (exact) mass is 263 g/mol. The minimum absolute atomic E-state index is 0.152. The van der Waals surface area contributed by atoms with Crippen LogP contribution in [0.25, 0.3) is 0 Å². The summed E-state index contributed by atoms with van der Waals surface area (Å²) in [5.74, 6) is 0.993. The molecule has 0 fully saturated rings. The lowest BCUT2D eigenvalue weighted by molar-refractivity contribution is -0.118. The maximum Gasteiger partial charge on any atom is 0.226 e. The molecule has 0 saturated carbocycles. The van der Waals surface area contributed by atoms with Crippen molar-refractivity contribution in [2.24, 2.45) is 0 Å². The number of unbranched alkanes of at least 4 members (excludes halogenated alkanes) is 1. The molecule has 0 aliphatic carbocycles. The van der Waals surface area contributed by atoms with E-state index >= 15 is 0 Å². The van der Waals surface area contributed by atoms with Crippen LogP contribution in [-0.4, -0.2) is 31.3 Å². The van der Waals surface area contributed by atoms with Gasteiger partial charge in [0.1, 0.15) is 5.75 Å². The molecule has 0 bridgehead atoms. The summed E-state index contributed by atoms with van der Waals surface area (Å²) in [5, 5.41) is 8.77. The number of aryl methyl sites for hydroxylation is 1. The van der Waals surface area contributed by atoms with Gasteiger partial charge in [0.05, 0.1) is 7.11 Å². The fourth-order valence-corrected chi connectivity index (χ4v) is 2.48. The van der Waals surface area contributed by atoms with E-state index in [1.165, 1.54) is 5.56 Å². The number of ether oxygens (including phenoxy) is 1. The van der Waals surface area contributed by atoms with Gasteiger partial charge < -0.3 is 14.7 Å². The predicted octanol–water partition coefficient (Wildman–Crippen LogP) is 2.14. The predicted molar refractivity (Wildman–Crippen MR) is 74.6 cm³/mol. The highest BCUT2D eigenvalue weighted by Gasteiger charge is 2.22. The molecule has 104 valence electrons. The van der Waals surface area contributed by atoms with Crippen molar-refractivity contribution in [2.45, 2.75) is 32.1 Å². The average molecular weight is 263 g/mol. The van der Waals surface area contributed by atoms with E-state index in [0.717, 1.165) is 37.2 Å². The van der Waals surface area contributed by atoms with Gasteiger partial charge in [-0.2, -0.15) is 0 Å². The number of fused-ring (bicyclic) bond motifs is 1. The first-order chi connectivity index (χ1) is 9.26. The quantitative estimate of drug-likeness (QED) is 0.828. The van der Waals surface area contributed by atoms with Gasteiger partial charge in [-0.3, -0.25) is 4.79 Å². The van der Waals surface area contributed by atoms with Crippen molar-refractivity contribution in [1.82, 2.24) is 0 Å². The lowest BCUT2D eigenvalue weighted by Crippen LogP contribution is -2.35. The number of aliphatic hydroxyl groups is 1. The van der Waals surface area contributed by atoms with Gasteiger partial charge in [0, 0.05) is 25.3 Å². The minimum Gasteiger partial charge on any atom is -0.497 e. The van der Waals surface area contributed by atoms with Crippen LogP contribution in [0.5, 0.6) is 5.75 Å². The molecule has 0 saturated heterocycles. The standard InChI is InChI=1S/C15H21NO3/c1-19-13-7-8-14-12(11-13)5-4-9-16(14)15(18)6-2-3-10-17/h7-8,11,17H,2-6,9-10H2,1H3. The zero-order chi connectivity index (χ0) is 13.7. The molecule has 0 unspecified atom stereocenters. The van der Waals surface area contributed by atoms with Gasteiger partial charge in [-0.15, -0.1) is 0 Å². The van der Waals surface area contributed by atoms with Crippen LogP contribution in [0.3, 0.4) is 0 Å². The molecule has 1 heterocycles. The average Bonchev–Trinajstić information content (AvgIpc) is 2.46. The largest absolute Gasteiger partial charge is 0.497 e. The highest BCUT2D eigenvalue weighted by molar-refractivity contribution is 5.94. The maximum absolute atomic E-state index is 12.2. The number of carbonyl (C=O) groups is 1. The van der Waals surface area contributed by atoms with Crippen LogP contribution in [0.4, 0.5) is 5.69 Å². The van der Waals surface area contributed by atoms with E-state index in [1.54, 1.807) is 7.11 Å². The number of anilines is 1. The molecule has 4 nitrogen and oxygen atoms in total. The second kappa shape index (κ2) is 6.57. The van der Waals surface area contributed by atoms with Crippen molar-refractivity contribution in [3.05, 3.63) is 23.8 Å². The molecular weight excluding hydrogens is 242 g/mol. The van der Waals surface area contributed by atoms with E-state index in [9.17, 15) is 4.79 Å². The van der Waals surface area contributed by atoms with Crippen molar-refractivity contribution >= 4 is 11.6 Å². The molecule has 1 aromatic rings. The summed E-state index contributed by atoms with van der Waals surface area (Å²) >= 11 is 0. The summed E-state index contributed by atoms with van der Waals surface area (Å²) in [4.78, 5) is 14.1. The van der Waals surface area contributed by atoms with Gasteiger partial charge >= 0.3 is 0 Å².